The van der Waals surface area contributed by atoms with Crippen LogP contribution in [0.3, 0.4) is 0 Å². The van der Waals surface area contributed by atoms with Crippen molar-refractivity contribution in [3.8, 4) is 6.07 Å². The quantitative estimate of drug-likeness (QED) is 0.578. The average Bonchev–Trinajstić information content (AvgIpc) is 2.49. The molecule has 2 aromatic rings. The summed E-state index contributed by atoms with van der Waals surface area (Å²) in [6, 6.07) is 14.3. The highest BCUT2D eigenvalue weighted by atomic mass is 79.9. The maximum atomic E-state index is 12.1. The van der Waals surface area contributed by atoms with Crippen molar-refractivity contribution in [2.45, 2.75) is 6.92 Å². The molecule has 2 rings (SSSR count). The standard InChI is InChI=1S/C17H13BrClN3O/c1-11-5-6-16(15(18)7-11)21-10-12(9-20)17(23)22-14-4-2-3-13(19)8-14/h2-8,10,21H,1H3,(H,22,23)/b12-10-. The third-order valence-corrected chi connectivity index (χ3v) is 3.84. The van der Waals surface area contributed by atoms with Crippen LogP contribution >= 0.6 is 27.5 Å². The van der Waals surface area contributed by atoms with Gasteiger partial charge in [0.05, 0.1) is 5.69 Å². The fourth-order valence-electron chi connectivity index (χ4n) is 1.80. The summed E-state index contributed by atoms with van der Waals surface area (Å²) in [5, 5.41) is 15.2. The largest absolute Gasteiger partial charge is 0.359 e. The molecule has 0 saturated heterocycles. The predicted octanol–water partition coefficient (Wildman–Crippen LogP) is 4.87. The van der Waals surface area contributed by atoms with Crippen molar-refractivity contribution in [3.63, 3.8) is 0 Å². The van der Waals surface area contributed by atoms with Gasteiger partial charge in [-0.15, -0.1) is 0 Å². The molecule has 23 heavy (non-hydrogen) atoms. The molecule has 0 aliphatic carbocycles. The molecule has 2 N–H and O–H groups in total. The highest BCUT2D eigenvalue weighted by Gasteiger charge is 2.10. The third-order valence-electron chi connectivity index (χ3n) is 2.94. The first-order valence-corrected chi connectivity index (χ1v) is 7.86. The Bertz CT molecular complexity index is 812. The summed E-state index contributed by atoms with van der Waals surface area (Å²) < 4.78 is 0.848. The zero-order chi connectivity index (χ0) is 16.8. The highest BCUT2D eigenvalue weighted by molar-refractivity contribution is 9.10. The van der Waals surface area contributed by atoms with Gasteiger partial charge in [0.2, 0.25) is 0 Å². The number of hydrogen-bond acceptors (Lipinski definition) is 3. The first kappa shape index (κ1) is 17.1. The zero-order valence-corrected chi connectivity index (χ0v) is 14.6. The van der Waals surface area contributed by atoms with E-state index in [4.69, 9.17) is 16.9 Å². The minimum atomic E-state index is -0.509. The summed E-state index contributed by atoms with van der Waals surface area (Å²) in [6.45, 7) is 1.98. The Hall–Kier alpha value is -2.29. The Balaban J connectivity index is 2.12. The monoisotopic (exact) mass is 389 g/mol. The van der Waals surface area contributed by atoms with Crippen molar-refractivity contribution < 1.29 is 4.79 Å². The highest BCUT2D eigenvalue weighted by Crippen LogP contribution is 2.23. The maximum Gasteiger partial charge on any atom is 0.267 e. The molecule has 6 heteroatoms. The lowest BCUT2D eigenvalue weighted by Crippen LogP contribution is -2.14. The molecular formula is C17H13BrClN3O. The predicted molar refractivity (Wildman–Crippen MR) is 96.3 cm³/mol. The van der Waals surface area contributed by atoms with Crippen LogP contribution in [0.2, 0.25) is 5.02 Å². The number of nitrogens with zero attached hydrogens (tertiary/aromatic N) is 1. The van der Waals surface area contributed by atoms with Crippen molar-refractivity contribution in [2.75, 3.05) is 10.6 Å². The van der Waals surface area contributed by atoms with Gasteiger partial charge in [0, 0.05) is 21.4 Å². The van der Waals surface area contributed by atoms with E-state index in [-0.39, 0.29) is 5.57 Å². The number of carbonyl (C=O) groups excluding carboxylic acids is 1. The average molecular weight is 391 g/mol. The lowest BCUT2D eigenvalue weighted by atomic mass is 10.2. The molecule has 0 radical (unpaired) electrons. The number of aryl methyl sites for hydroxylation is 1. The number of carbonyl (C=O) groups is 1. The second-order valence-corrected chi connectivity index (χ2v) is 6.05. The number of nitriles is 1. The maximum absolute atomic E-state index is 12.1. The summed E-state index contributed by atoms with van der Waals surface area (Å²) in [6.07, 6.45) is 1.37. The van der Waals surface area contributed by atoms with E-state index < -0.39 is 5.91 Å². The minimum absolute atomic E-state index is 0.0440. The normalized spacial score (nSPS) is 10.8. The van der Waals surface area contributed by atoms with Crippen LogP contribution in [0.5, 0.6) is 0 Å². The summed E-state index contributed by atoms with van der Waals surface area (Å²) in [4.78, 5) is 12.1. The van der Waals surface area contributed by atoms with Gasteiger partial charge >= 0.3 is 0 Å². The van der Waals surface area contributed by atoms with E-state index in [9.17, 15) is 4.79 Å². The molecule has 0 bridgehead atoms. The van der Waals surface area contributed by atoms with Crippen molar-refractivity contribution in [2.24, 2.45) is 0 Å². The fraction of sp³-hybridized carbons (Fsp3) is 0.0588. The number of rotatable bonds is 4. The molecule has 0 unspecified atom stereocenters. The van der Waals surface area contributed by atoms with Crippen LogP contribution in [0, 0.1) is 18.3 Å². The number of benzene rings is 2. The summed E-state index contributed by atoms with van der Waals surface area (Å²) in [5.74, 6) is -0.509. The van der Waals surface area contributed by atoms with E-state index in [1.165, 1.54) is 6.20 Å². The van der Waals surface area contributed by atoms with Gasteiger partial charge in [0.25, 0.3) is 5.91 Å². The molecular weight excluding hydrogens is 378 g/mol. The van der Waals surface area contributed by atoms with E-state index >= 15 is 0 Å². The Kier molecular flexibility index (Phi) is 5.80. The molecule has 0 atom stereocenters. The van der Waals surface area contributed by atoms with Crippen LogP contribution in [0.4, 0.5) is 11.4 Å². The van der Waals surface area contributed by atoms with Crippen molar-refractivity contribution in [1.29, 1.82) is 5.26 Å². The van der Waals surface area contributed by atoms with Crippen LogP contribution in [0.15, 0.2) is 58.7 Å². The first-order valence-electron chi connectivity index (χ1n) is 6.69. The van der Waals surface area contributed by atoms with E-state index in [1.54, 1.807) is 24.3 Å². The van der Waals surface area contributed by atoms with Crippen LogP contribution in [-0.4, -0.2) is 5.91 Å². The number of halogens is 2. The Morgan fingerprint density at radius 3 is 2.74 bits per heavy atom. The Morgan fingerprint density at radius 1 is 1.30 bits per heavy atom. The molecule has 0 heterocycles. The molecule has 4 nitrogen and oxygen atoms in total. The minimum Gasteiger partial charge on any atom is -0.359 e. The van der Waals surface area contributed by atoms with Crippen LogP contribution in [0.1, 0.15) is 5.56 Å². The fourth-order valence-corrected chi connectivity index (χ4v) is 2.60. The molecule has 0 aliphatic heterocycles. The molecule has 0 saturated carbocycles. The molecule has 0 aliphatic rings. The summed E-state index contributed by atoms with van der Waals surface area (Å²) in [5.41, 5.74) is 2.35. The van der Waals surface area contributed by atoms with Gasteiger partial charge < -0.3 is 10.6 Å². The lowest BCUT2D eigenvalue weighted by Gasteiger charge is -2.07. The summed E-state index contributed by atoms with van der Waals surface area (Å²) in [7, 11) is 0. The third kappa shape index (κ3) is 4.85. The topological polar surface area (TPSA) is 64.9 Å². The molecule has 116 valence electrons. The smallest absolute Gasteiger partial charge is 0.267 e. The second kappa shape index (κ2) is 7.82. The van der Waals surface area contributed by atoms with Gasteiger partial charge in [0.15, 0.2) is 0 Å². The van der Waals surface area contributed by atoms with Crippen LogP contribution in [-0.2, 0) is 4.79 Å². The van der Waals surface area contributed by atoms with Crippen LogP contribution < -0.4 is 10.6 Å². The van der Waals surface area contributed by atoms with Gasteiger partial charge in [-0.3, -0.25) is 4.79 Å². The van der Waals surface area contributed by atoms with Gasteiger partial charge in [-0.2, -0.15) is 5.26 Å². The van der Waals surface area contributed by atoms with Gasteiger partial charge in [0.1, 0.15) is 11.6 Å². The first-order chi connectivity index (χ1) is 11.0. The Labute approximate surface area is 147 Å². The molecule has 1 amide bonds. The summed E-state index contributed by atoms with van der Waals surface area (Å²) >= 11 is 9.29. The Morgan fingerprint density at radius 2 is 2.09 bits per heavy atom. The number of nitrogens with one attached hydrogen (secondary N) is 2. The van der Waals surface area contributed by atoms with Crippen LogP contribution in [0.25, 0.3) is 0 Å². The van der Waals surface area contributed by atoms with Crippen molar-refractivity contribution >= 4 is 44.8 Å². The zero-order valence-electron chi connectivity index (χ0n) is 12.2. The van der Waals surface area contributed by atoms with Gasteiger partial charge in [-0.25, -0.2) is 0 Å². The number of anilines is 2. The van der Waals surface area contributed by atoms with Gasteiger partial charge in [-0.1, -0.05) is 23.7 Å². The van der Waals surface area contributed by atoms with Crippen molar-refractivity contribution in [3.05, 3.63) is 69.3 Å². The second-order valence-electron chi connectivity index (χ2n) is 4.76. The van der Waals surface area contributed by atoms with Gasteiger partial charge in [-0.05, 0) is 58.7 Å². The van der Waals surface area contributed by atoms with E-state index in [2.05, 4.69) is 26.6 Å². The number of amides is 1. The van der Waals surface area contributed by atoms with E-state index in [1.807, 2.05) is 31.2 Å². The molecule has 0 aromatic heterocycles. The van der Waals surface area contributed by atoms with E-state index in [0.29, 0.717) is 10.7 Å². The molecule has 2 aromatic carbocycles. The SMILES string of the molecule is Cc1ccc(N/C=C(/C#N)C(=O)Nc2cccc(Cl)c2)c(Br)c1. The molecule has 0 spiro atoms. The van der Waals surface area contributed by atoms with Crippen molar-refractivity contribution in [1.82, 2.24) is 0 Å². The lowest BCUT2D eigenvalue weighted by molar-refractivity contribution is -0.112. The molecule has 0 fully saturated rings. The number of hydrogen-bond donors (Lipinski definition) is 2. The van der Waals surface area contributed by atoms with E-state index in [0.717, 1.165) is 15.7 Å².